The molecule has 3 aromatic rings. The van der Waals surface area contributed by atoms with E-state index in [2.05, 4.69) is 17.1 Å². The van der Waals surface area contributed by atoms with E-state index in [0.29, 0.717) is 23.7 Å². The van der Waals surface area contributed by atoms with Crippen LogP contribution in [0.1, 0.15) is 31.7 Å². The number of fused-ring (bicyclic) bond motifs is 1. The average Bonchev–Trinajstić information content (AvgIpc) is 3.22. The first-order valence-electron chi connectivity index (χ1n) is 10.2. The Morgan fingerprint density at radius 2 is 1.93 bits per heavy atom. The predicted octanol–water partition coefficient (Wildman–Crippen LogP) is 3.50. The lowest BCUT2D eigenvalue weighted by Gasteiger charge is -2.33. The van der Waals surface area contributed by atoms with Crippen LogP contribution < -0.4 is 15.8 Å². The molecule has 6 nitrogen and oxygen atoms in total. The molecule has 0 spiro atoms. The molecule has 152 valence electrons. The Bertz CT molecular complexity index is 1060. The second-order valence-corrected chi connectivity index (χ2v) is 8.49. The van der Waals surface area contributed by atoms with Crippen molar-refractivity contribution < 1.29 is 4.79 Å². The van der Waals surface area contributed by atoms with Crippen LogP contribution in [0.5, 0.6) is 0 Å². The maximum absolute atomic E-state index is 13.3. The van der Waals surface area contributed by atoms with Crippen molar-refractivity contribution in [1.29, 1.82) is 0 Å². The van der Waals surface area contributed by atoms with Crippen LogP contribution in [-0.4, -0.2) is 35.1 Å². The van der Waals surface area contributed by atoms with Crippen LogP contribution in [0.25, 0.3) is 15.9 Å². The topological polar surface area (TPSA) is 67.2 Å². The zero-order valence-corrected chi connectivity index (χ0v) is 17.7. The van der Waals surface area contributed by atoms with E-state index in [1.807, 2.05) is 42.6 Å². The SMILES string of the molecule is CCCNC(=O)C1CCN(c2nc3ccsc3c(=O)n2-c2ccc(C)cc2)CC1. The number of nitrogens with zero attached hydrogens (tertiary/aromatic N) is 3. The molecule has 1 aliphatic rings. The summed E-state index contributed by atoms with van der Waals surface area (Å²) in [6, 6.07) is 9.84. The van der Waals surface area contributed by atoms with Gasteiger partial charge in [0.05, 0.1) is 11.2 Å². The summed E-state index contributed by atoms with van der Waals surface area (Å²) in [5, 5.41) is 4.91. The van der Waals surface area contributed by atoms with Crippen molar-refractivity contribution in [2.24, 2.45) is 5.92 Å². The van der Waals surface area contributed by atoms with E-state index in [1.165, 1.54) is 11.3 Å². The van der Waals surface area contributed by atoms with Crippen LogP contribution in [0.3, 0.4) is 0 Å². The van der Waals surface area contributed by atoms with Crippen molar-refractivity contribution in [3.63, 3.8) is 0 Å². The standard InChI is InChI=1S/C22H26N4O2S/c1-3-11-23-20(27)16-8-12-25(13-9-16)22-24-18-10-14-29-19(18)21(28)26(22)17-6-4-15(2)5-7-17/h4-7,10,14,16H,3,8-9,11-13H2,1-2H3,(H,23,27). The zero-order valence-electron chi connectivity index (χ0n) is 16.9. The van der Waals surface area contributed by atoms with Gasteiger partial charge >= 0.3 is 0 Å². The Kier molecular flexibility index (Phi) is 5.67. The van der Waals surface area contributed by atoms with Gasteiger partial charge in [-0.25, -0.2) is 9.55 Å². The zero-order chi connectivity index (χ0) is 20.4. The van der Waals surface area contributed by atoms with Crippen LogP contribution in [0.2, 0.25) is 0 Å². The molecule has 1 aromatic carbocycles. The van der Waals surface area contributed by atoms with Crippen LogP contribution in [0, 0.1) is 12.8 Å². The van der Waals surface area contributed by atoms with Crippen molar-refractivity contribution in [2.45, 2.75) is 33.1 Å². The number of thiophene rings is 1. The van der Waals surface area contributed by atoms with Crippen LogP contribution >= 0.6 is 11.3 Å². The van der Waals surface area contributed by atoms with Gasteiger partial charge in [-0.15, -0.1) is 11.3 Å². The number of aryl methyl sites for hydroxylation is 1. The lowest BCUT2D eigenvalue weighted by Crippen LogP contribution is -2.42. The molecular formula is C22H26N4O2S. The van der Waals surface area contributed by atoms with E-state index in [9.17, 15) is 9.59 Å². The fourth-order valence-corrected chi connectivity index (χ4v) is 4.53. The summed E-state index contributed by atoms with van der Waals surface area (Å²) < 4.78 is 2.39. The van der Waals surface area contributed by atoms with Gasteiger partial charge < -0.3 is 10.2 Å². The highest BCUT2D eigenvalue weighted by Crippen LogP contribution is 2.26. The molecule has 1 amide bonds. The Labute approximate surface area is 174 Å². The number of rotatable bonds is 5. The van der Waals surface area contributed by atoms with E-state index in [-0.39, 0.29) is 17.4 Å². The molecule has 0 bridgehead atoms. The first kappa shape index (κ1) is 19.6. The van der Waals surface area contributed by atoms with Gasteiger partial charge in [0.15, 0.2) is 0 Å². The molecule has 1 saturated heterocycles. The van der Waals surface area contributed by atoms with Gasteiger partial charge in [-0.3, -0.25) is 9.59 Å². The summed E-state index contributed by atoms with van der Waals surface area (Å²) in [6.07, 6.45) is 2.47. The molecule has 0 atom stereocenters. The van der Waals surface area contributed by atoms with Gasteiger partial charge in [0.25, 0.3) is 5.56 Å². The number of carbonyl (C=O) groups is 1. The molecule has 4 rings (SSSR count). The van der Waals surface area contributed by atoms with Gasteiger partial charge in [-0.05, 0) is 49.8 Å². The van der Waals surface area contributed by atoms with Gasteiger partial charge in [0, 0.05) is 25.6 Å². The summed E-state index contributed by atoms with van der Waals surface area (Å²) in [7, 11) is 0. The average molecular weight is 411 g/mol. The Morgan fingerprint density at radius 1 is 1.21 bits per heavy atom. The number of anilines is 1. The molecule has 0 aliphatic carbocycles. The predicted molar refractivity (Wildman–Crippen MR) is 118 cm³/mol. The molecule has 0 unspecified atom stereocenters. The van der Waals surface area contributed by atoms with E-state index in [4.69, 9.17) is 4.98 Å². The smallest absolute Gasteiger partial charge is 0.277 e. The maximum atomic E-state index is 13.3. The van der Waals surface area contributed by atoms with Crippen LogP contribution in [-0.2, 0) is 4.79 Å². The maximum Gasteiger partial charge on any atom is 0.277 e. The van der Waals surface area contributed by atoms with E-state index in [0.717, 1.165) is 42.6 Å². The summed E-state index contributed by atoms with van der Waals surface area (Å²) in [6.45, 7) is 6.22. The first-order chi connectivity index (χ1) is 14.1. The summed E-state index contributed by atoms with van der Waals surface area (Å²) in [5.41, 5.74) is 2.67. The molecule has 1 N–H and O–H groups in total. The van der Waals surface area contributed by atoms with Crippen molar-refractivity contribution in [2.75, 3.05) is 24.5 Å². The van der Waals surface area contributed by atoms with Crippen molar-refractivity contribution in [1.82, 2.24) is 14.9 Å². The lowest BCUT2D eigenvalue weighted by atomic mass is 9.96. The van der Waals surface area contributed by atoms with Crippen LogP contribution in [0.4, 0.5) is 5.95 Å². The molecule has 3 heterocycles. The van der Waals surface area contributed by atoms with E-state index >= 15 is 0 Å². The highest BCUT2D eigenvalue weighted by atomic mass is 32.1. The fraction of sp³-hybridized carbons (Fsp3) is 0.409. The van der Waals surface area contributed by atoms with Gasteiger partial charge in [-0.2, -0.15) is 0 Å². The largest absolute Gasteiger partial charge is 0.356 e. The second kappa shape index (κ2) is 8.37. The van der Waals surface area contributed by atoms with Crippen molar-refractivity contribution >= 4 is 33.4 Å². The lowest BCUT2D eigenvalue weighted by molar-refractivity contribution is -0.125. The minimum absolute atomic E-state index is 0.0298. The molecular weight excluding hydrogens is 384 g/mol. The molecule has 1 fully saturated rings. The third-order valence-corrected chi connectivity index (χ3v) is 6.34. The minimum atomic E-state index is -0.0355. The Balaban J connectivity index is 1.67. The molecule has 29 heavy (non-hydrogen) atoms. The van der Waals surface area contributed by atoms with Gasteiger partial charge in [-0.1, -0.05) is 24.6 Å². The van der Waals surface area contributed by atoms with E-state index in [1.54, 1.807) is 4.57 Å². The number of piperidine rings is 1. The molecule has 2 aromatic heterocycles. The van der Waals surface area contributed by atoms with Crippen molar-refractivity contribution in [3.8, 4) is 5.69 Å². The second-order valence-electron chi connectivity index (χ2n) is 7.58. The highest BCUT2D eigenvalue weighted by Gasteiger charge is 2.28. The normalized spacial score (nSPS) is 15.0. The van der Waals surface area contributed by atoms with Crippen molar-refractivity contribution in [3.05, 3.63) is 51.6 Å². The molecule has 0 saturated carbocycles. The number of benzene rings is 1. The number of carbonyl (C=O) groups excluding carboxylic acids is 1. The summed E-state index contributed by atoms with van der Waals surface area (Å²) >= 11 is 1.43. The third kappa shape index (κ3) is 3.92. The third-order valence-electron chi connectivity index (χ3n) is 5.45. The first-order valence-corrected chi connectivity index (χ1v) is 11.1. The number of hydrogen-bond donors (Lipinski definition) is 1. The minimum Gasteiger partial charge on any atom is -0.356 e. The summed E-state index contributed by atoms with van der Waals surface area (Å²) in [4.78, 5) is 32.6. The molecule has 1 aliphatic heterocycles. The Morgan fingerprint density at radius 3 is 2.62 bits per heavy atom. The quantitative estimate of drug-likeness (QED) is 0.699. The molecule has 7 heteroatoms. The monoisotopic (exact) mass is 410 g/mol. The number of aromatic nitrogens is 2. The summed E-state index contributed by atoms with van der Waals surface area (Å²) in [5.74, 6) is 0.836. The highest BCUT2D eigenvalue weighted by molar-refractivity contribution is 7.17. The number of nitrogens with one attached hydrogen (secondary N) is 1. The Hall–Kier alpha value is -2.67. The van der Waals surface area contributed by atoms with Gasteiger partial charge in [0.1, 0.15) is 4.70 Å². The number of amides is 1. The number of hydrogen-bond acceptors (Lipinski definition) is 5. The molecule has 0 radical (unpaired) electrons. The van der Waals surface area contributed by atoms with E-state index < -0.39 is 0 Å². The fourth-order valence-electron chi connectivity index (χ4n) is 3.77. The van der Waals surface area contributed by atoms with Gasteiger partial charge in [0.2, 0.25) is 11.9 Å². The van der Waals surface area contributed by atoms with Crippen LogP contribution in [0.15, 0.2) is 40.5 Å².